The Morgan fingerprint density at radius 1 is 0.750 bits per heavy atom. The van der Waals surface area contributed by atoms with Crippen LogP contribution < -0.4 is 29.6 Å². The van der Waals surface area contributed by atoms with E-state index >= 15 is 0 Å². The van der Waals surface area contributed by atoms with Gasteiger partial charge in [0.1, 0.15) is 0 Å². The van der Waals surface area contributed by atoms with Crippen LogP contribution in [0.5, 0.6) is 0 Å². The van der Waals surface area contributed by atoms with E-state index in [9.17, 15) is 17.3 Å². The molecule has 0 radical (unpaired) electrons. The molecule has 0 fully saturated rings. The molecule has 8 heteroatoms. The summed E-state index contributed by atoms with van der Waals surface area (Å²) >= 11 is 0. The van der Waals surface area contributed by atoms with Crippen molar-refractivity contribution in [1.29, 1.82) is 0 Å². The van der Waals surface area contributed by atoms with Crippen molar-refractivity contribution in [3.8, 4) is 0 Å². The molecule has 8 heavy (non-hydrogen) atoms. The molecule has 0 saturated heterocycles. The van der Waals surface area contributed by atoms with Gasteiger partial charge in [-0.25, -0.2) is 0 Å². The summed E-state index contributed by atoms with van der Waals surface area (Å²) < 4.78 is 55.0. The Labute approximate surface area is 63.5 Å². The van der Waals surface area contributed by atoms with E-state index in [2.05, 4.69) is 0 Å². The van der Waals surface area contributed by atoms with Crippen molar-refractivity contribution in [3.63, 3.8) is 0 Å². The largest absolute Gasteiger partial charge is 1.00 e. The summed E-state index contributed by atoms with van der Waals surface area (Å²) in [6.07, 6.45) is 0. The fourth-order valence-corrected chi connectivity index (χ4v) is 0. The van der Waals surface area contributed by atoms with Crippen LogP contribution in [0.4, 0.5) is 26.4 Å². The Kier molecular flexibility index (Phi) is 15.2. The van der Waals surface area contributed by atoms with E-state index in [0.29, 0.717) is 0 Å². The van der Waals surface area contributed by atoms with Crippen LogP contribution in [0.2, 0.25) is 0 Å². The molecule has 0 spiro atoms. The monoisotopic (exact) mass is 148 g/mol. The summed E-state index contributed by atoms with van der Waals surface area (Å²) in [6.45, 7) is 0. The van der Waals surface area contributed by atoms with E-state index in [1.807, 2.05) is 0 Å². The maximum Gasteiger partial charge on any atom is 1.00 e. The average Bonchev–Trinajstić information content (AvgIpc) is 1.36. The second-order valence-corrected chi connectivity index (χ2v) is 0.495. The molecule has 0 rings (SSSR count). The van der Waals surface area contributed by atoms with Gasteiger partial charge in [0.05, 0.1) is 0 Å². The molecule has 0 aromatic heterocycles. The SMILES string of the molecule is FF.F[B-](F)(F)F.[Na+]. The number of hydrogen-bond acceptors (Lipinski definition) is 0. The second kappa shape index (κ2) is 7.64. The van der Waals surface area contributed by atoms with Crippen LogP contribution in [0, 0.1) is 0 Å². The first kappa shape index (κ1) is 15.9. The van der Waals surface area contributed by atoms with Crippen LogP contribution in [0.25, 0.3) is 0 Å². The van der Waals surface area contributed by atoms with Crippen molar-refractivity contribution in [2.24, 2.45) is 0 Å². The molecule has 0 unspecified atom stereocenters. The molecule has 0 aliphatic rings. The first-order valence-electron chi connectivity index (χ1n) is 1.02. The van der Waals surface area contributed by atoms with E-state index < -0.39 is 7.25 Å². The third kappa shape index (κ3) is 509. The predicted molar refractivity (Wildman–Crippen MR) is 12.4 cm³/mol. The van der Waals surface area contributed by atoms with Gasteiger partial charge in [0, 0.05) is 9.15 Å². The van der Waals surface area contributed by atoms with Gasteiger partial charge in [-0.2, -0.15) is 0 Å². The van der Waals surface area contributed by atoms with Crippen LogP contribution in [0.15, 0.2) is 0 Å². The van der Waals surface area contributed by atoms with Crippen molar-refractivity contribution in [2.75, 3.05) is 0 Å². The summed E-state index contributed by atoms with van der Waals surface area (Å²) in [4.78, 5) is 0. The van der Waals surface area contributed by atoms with Crippen LogP contribution in [-0.4, -0.2) is 7.25 Å². The molecule has 0 heterocycles. The Bertz CT molecular complexity index is 24.0. The van der Waals surface area contributed by atoms with E-state index in [4.69, 9.17) is 9.15 Å². The van der Waals surface area contributed by atoms with E-state index in [1.165, 1.54) is 0 Å². The molecule has 0 bridgehead atoms. The smallest absolute Gasteiger partial charge is 0.418 e. The van der Waals surface area contributed by atoms with E-state index in [1.54, 1.807) is 0 Å². The van der Waals surface area contributed by atoms with Crippen LogP contribution >= 0.6 is 0 Å². The standard InChI is InChI=1S/BF4.F2.Na/c2-1(3,4)5;1-2;/q-1;;+1. The average molecular weight is 148 g/mol. The van der Waals surface area contributed by atoms with Gasteiger partial charge < -0.3 is 17.3 Å². The van der Waals surface area contributed by atoms with Crippen molar-refractivity contribution in [1.82, 2.24) is 0 Å². The van der Waals surface area contributed by atoms with Crippen molar-refractivity contribution in [3.05, 3.63) is 0 Å². The van der Waals surface area contributed by atoms with Crippen LogP contribution in [0.1, 0.15) is 0 Å². The Hall–Kier alpha value is 0.645. The molecule has 0 amide bonds. The molecular weight excluding hydrogens is 148 g/mol. The zero-order chi connectivity index (χ0) is 6.50. The zero-order valence-electron chi connectivity index (χ0n) is 3.85. The number of hydrogen-bond donors (Lipinski definition) is 0. The van der Waals surface area contributed by atoms with Gasteiger partial charge >= 0.3 is 36.8 Å². The summed E-state index contributed by atoms with van der Waals surface area (Å²) in [5.74, 6) is 0. The minimum absolute atomic E-state index is 0. The Balaban J connectivity index is -0.0000000750. The quantitative estimate of drug-likeness (QED) is 0.309. The summed E-state index contributed by atoms with van der Waals surface area (Å²) in [6, 6.07) is 0. The first-order valence-corrected chi connectivity index (χ1v) is 1.02. The van der Waals surface area contributed by atoms with Gasteiger partial charge in [-0.1, -0.05) is 0 Å². The molecule has 0 N–H and O–H groups in total. The molecule has 0 aliphatic carbocycles. The molecule has 0 atom stereocenters. The zero-order valence-corrected chi connectivity index (χ0v) is 5.85. The molecule has 0 aliphatic heterocycles. The maximum absolute atomic E-state index is 9.75. The predicted octanol–water partition coefficient (Wildman–Crippen LogP) is -0.856. The van der Waals surface area contributed by atoms with Crippen molar-refractivity contribution >= 4 is 7.25 Å². The Morgan fingerprint density at radius 3 is 0.750 bits per heavy atom. The third-order valence-electron chi connectivity index (χ3n) is 0. The normalized spacial score (nSPS) is 8.25. The maximum atomic E-state index is 9.75. The molecule has 0 aromatic carbocycles. The van der Waals surface area contributed by atoms with Gasteiger partial charge in [-0.05, 0) is 0 Å². The van der Waals surface area contributed by atoms with Gasteiger partial charge in [-0.3, -0.25) is 0 Å². The minimum Gasteiger partial charge on any atom is -0.418 e. The molecule has 46 valence electrons. The summed E-state index contributed by atoms with van der Waals surface area (Å²) in [7, 11) is -6.00. The Morgan fingerprint density at radius 2 is 0.750 bits per heavy atom. The van der Waals surface area contributed by atoms with Crippen LogP contribution in [-0.2, 0) is 0 Å². The van der Waals surface area contributed by atoms with Crippen LogP contribution in [0.3, 0.4) is 0 Å². The number of halogens is 6. The van der Waals surface area contributed by atoms with Gasteiger partial charge in [0.15, 0.2) is 0 Å². The third-order valence-corrected chi connectivity index (χ3v) is 0. The second-order valence-electron chi connectivity index (χ2n) is 0.495. The fraction of sp³-hybridized carbons (Fsp3) is 0. The van der Waals surface area contributed by atoms with Gasteiger partial charge in [0.25, 0.3) is 0 Å². The van der Waals surface area contributed by atoms with Gasteiger partial charge in [-0.15, -0.1) is 0 Å². The van der Waals surface area contributed by atoms with Gasteiger partial charge in [0.2, 0.25) is 0 Å². The molecule has 0 saturated carbocycles. The van der Waals surface area contributed by atoms with E-state index in [-0.39, 0.29) is 29.6 Å². The topological polar surface area (TPSA) is 0 Å². The minimum atomic E-state index is -6.00. The molecular formula is BF6Na. The molecule has 0 aromatic rings. The van der Waals surface area contributed by atoms with Crippen molar-refractivity contribution in [2.45, 2.75) is 0 Å². The first-order chi connectivity index (χ1) is 3.00. The fourth-order valence-electron chi connectivity index (χ4n) is 0. The number of rotatable bonds is 0. The summed E-state index contributed by atoms with van der Waals surface area (Å²) in [5, 5.41) is 0. The summed E-state index contributed by atoms with van der Waals surface area (Å²) in [5.41, 5.74) is 0. The van der Waals surface area contributed by atoms with E-state index in [0.717, 1.165) is 0 Å². The van der Waals surface area contributed by atoms with Crippen molar-refractivity contribution < 1.29 is 56.0 Å². The molecule has 0 nitrogen and oxygen atoms in total.